The van der Waals surface area contributed by atoms with Crippen molar-refractivity contribution in [1.29, 1.82) is 0 Å². The second-order valence-corrected chi connectivity index (χ2v) is 11.7. The predicted molar refractivity (Wildman–Crippen MR) is 145 cm³/mol. The van der Waals surface area contributed by atoms with E-state index < -0.39 is 5.97 Å². The molecule has 2 aromatic rings. The van der Waals surface area contributed by atoms with Gasteiger partial charge < -0.3 is 14.6 Å². The van der Waals surface area contributed by atoms with Gasteiger partial charge in [-0.3, -0.25) is 19.4 Å². The molecule has 1 saturated carbocycles. The second kappa shape index (κ2) is 10.7. The summed E-state index contributed by atoms with van der Waals surface area (Å²) in [6.07, 6.45) is 14.2. The molecule has 4 fully saturated rings. The molecule has 0 amide bonds. The number of carbonyl (C=O) groups is 1. The van der Waals surface area contributed by atoms with Gasteiger partial charge in [0.25, 0.3) is 5.56 Å². The number of hydrogen-bond donors (Lipinski definition) is 1. The van der Waals surface area contributed by atoms with E-state index in [9.17, 15) is 9.59 Å². The van der Waals surface area contributed by atoms with Gasteiger partial charge in [-0.1, -0.05) is 44.2 Å². The van der Waals surface area contributed by atoms with E-state index in [0.717, 1.165) is 29.9 Å². The van der Waals surface area contributed by atoms with Crippen LogP contribution in [0.3, 0.4) is 0 Å². The number of piperidine rings is 1. The first-order chi connectivity index (χ1) is 18.1. The highest BCUT2D eigenvalue weighted by Gasteiger charge is 2.44. The van der Waals surface area contributed by atoms with Crippen LogP contribution in [0.15, 0.2) is 29.1 Å². The minimum Gasteiger partial charge on any atom is -0.480 e. The fraction of sp³-hybridized carbons (Fsp3) is 0.690. The zero-order valence-corrected chi connectivity index (χ0v) is 21.9. The lowest BCUT2D eigenvalue weighted by atomic mass is 9.89. The quantitative estimate of drug-likeness (QED) is 0.658. The van der Waals surface area contributed by atoms with Gasteiger partial charge in [-0.05, 0) is 50.7 Å². The van der Waals surface area contributed by atoms with Crippen molar-refractivity contribution in [2.24, 2.45) is 0 Å². The molecule has 0 spiro atoms. The average Bonchev–Trinajstić information content (AvgIpc) is 3.12. The number of aromatic nitrogens is 2. The van der Waals surface area contributed by atoms with Crippen molar-refractivity contribution in [3.05, 3.63) is 34.6 Å². The van der Waals surface area contributed by atoms with Crippen LogP contribution in [0.1, 0.15) is 76.7 Å². The molecule has 6 rings (SSSR count). The summed E-state index contributed by atoms with van der Waals surface area (Å²) in [4.78, 5) is 36.9. The standard InChI is InChI=1S/C29H41N5O3/c35-27(36)20-31-14-16-32(17-15-31)28-29(37)34(26-11-7-6-10-25(26)30-28)24-18-22-12-13-23(19-24)33(22)21-8-4-2-1-3-5-9-21/h6-7,10-11,21-24H,1-5,8-9,12-20H2,(H,35,36)/t22-,23?,24?/m0/s1. The SMILES string of the molecule is O=C(O)CN1CCN(c2nc3ccccc3n(C3CC4CC[C@@H](C3)N4C3CCCCCCC3)c2=O)CC1. The Kier molecular flexibility index (Phi) is 7.21. The van der Waals surface area contributed by atoms with Crippen molar-refractivity contribution in [3.63, 3.8) is 0 Å². The van der Waals surface area contributed by atoms with E-state index in [4.69, 9.17) is 10.1 Å². The number of nitrogens with zero attached hydrogens (tertiary/aromatic N) is 5. The number of carboxylic acids is 1. The number of aliphatic carboxylic acids is 1. The third kappa shape index (κ3) is 5.02. The molecule has 3 saturated heterocycles. The molecule has 37 heavy (non-hydrogen) atoms. The van der Waals surface area contributed by atoms with Crippen LogP contribution in [-0.4, -0.2) is 81.3 Å². The zero-order valence-electron chi connectivity index (χ0n) is 21.9. The van der Waals surface area contributed by atoms with Crippen molar-refractivity contribution >= 4 is 22.8 Å². The molecule has 2 unspecified atom stereocenters. The predicted octanol–water partition coefficient (Wildman–Crippen LogP) is 3.88. The number of fused-ring (bicyclic) bond motifs is 3. The molecule has 200 valence electrons. The molecule has 8 heteroatoms. The summed E-state index contributed by atoms with van der Waals surface area (Å²) in [5, 5.41) is 9.14. The van der Waals surface area contributed by atoms with Crippen LogP contribution >= 0.6 is 0 Å². The highest BCUT2D eigenvalue weighted by molar-refractivity contribution is 5.76. The van der Waals surface area contributed by atoms with E-state index in [1.807, 2.05) is 23.1 Å². The molecule has 4 heterocycles. The zero-order chi connectivity index (χ0) is 25.4. The summed E-state index contributed by atoms with van der Waals surface area (Å²) in [6, 6.07) is 10.2. The Morgan fingerprint density at radius 3 is 2.16 bits per heavy atom. The van der Waals surface area contributed by atoms with E-state index >= 15 is 0 Å². The monoisotopic (exact) mass is 507 g/mol. The number of benzene rings is 1. The largest absolute Gasteiger partial charge is 0.480 e. The molecule has 8 nitrogen and oxygen atoms in total. The maximum Gasteiger partial charge on any atom is 0.317 e. The van der Waals surface area contributed by atoms with Gasteiger partial charge in [-0.15, -0.1) is 0 Å². The molecule has 3 atom stereocenters. The van der Waals surface area contributed by atoms with Crippen LogP contribution in [0.25, 0.3) is 11.0 Å². The number of piperazine rings is 1. The third-order valence-electron chi connectivity index (χ3n) is 9.43. The summed E-state index contributed by atoms with van der Waals surface area (Å²) in [6.45, 7) is 2.55. The minimum absolute atomic E-state index is 0.0224. The Morgan fingerprint density at radius 2 is 1.49 bits per heavy atom. The van der Waals surface area contributed by atoms with E-state index in [-0.39, 0.29) is 18.1 Å². The number of rotatable bonds is 5. The van der Waals surface area contributed by atoms with E-state index in [1.54, 1.807) is 0 Å². The Morgan fingerprint density at radius 1 is 0.838 bits per heavy atom. The molecule has 1 aromatic carbocycles. The van der Waals surface area contributed by atoms with Crippen molar-refractivity contribution in [1.82, 2.24) is 19.4 Å². The lowest BCUT2D eigenvalue weighted by Gasteiger charge is -2.45. The van der Waals surface area contributed by atoms with Gasteiger partial charge in [0, 0.05) is 50.3 Å². The molecule has 1 aromatic heterocycles. The number of para-hydroxylation sites is 2. The Balaban J connectivity index is 1.27. The van der Waals surface area contributed by atoms with Crippen molar-refractivity contribution in [3.8, 4) is 0 Å². The van der Waals surface area contributed by atoms with Crippen LogP contribution < -0.4 is 10.5 Å². The fourth-order valence-corrected chi connectivity index (χ4v) is 7.74. The minimum atomic E-state index is -0.806. The smallest absolute Gasteiger partial charge is 0.317 e. The van der Waals surface area contributed by atoms with Crippen LogP contribution in [0.4, 0.5) is 5.82 Å². The first-order valence-electron chi connectivity index (χ1n) is 14.6. The molecule has 4 aliphatic rings. The molecular formula is C29H41N5O3. The van der Waals surface area contributed by atoms with Crippen LogP contribution in [0.5, 0.6) is 0 Å². The summed E-state index contributed by atoms with van der Waals surface area (Å²) in [7, 11) is 0. The van der Waals surface area contributed by atoms with Gasteiger partial charge in [-0.25, -0.2) is 4.98 Å². The van der Waals surface area contributed by atoms with Crippen LogP contribution in [0.2, 0.25) is 0 Å². The Hall–Kier alpha value is -2.45. The molecule has 1 aliphatic carbocycles. The van der Waals surface area contributed by atoms with E-state index in [2.05, 4.69) is 20.4 Å². The summed E-state index contributed by atoms with van der Waals surface area (Å²) in [5.41, 5.74) is 1.85. The Bertz CT molecular complexity index is 1150. The maximum atomic E-state index is 14.1. The van der Waals surface area contributed by atoms with Crippen molar-refractivity contribution in [2.75, 3.05) is 37.6 Å². The van der Waals surface area contributed by atoms with Crippen molar-refractivity contribution < 1.29 is 9.90 Å². The van der Waals surface area contributed by atoms with Gasteiger partial charge in [0.2, 0.25) is 0 Å². The van der Waals surface area contributed by atoms with Crippen LogP contribution in [0, 0.1) is 0 Å². The lowest BCUT2D eigenvalue weighted by molar-refractivity contribution is -0.138. The summed E-state index contributed by atoms with van der Waals surface area (Å²) >= 11 is 0. The maximum absolute atomic E-state index is 14.1. The van der Waals surface area contributed by atoms with Gasteiger partial charge in [-0.2, -0.15) is 0 Å². The van der Waals surface area contributed by atoms with Crippen LogP contribution in [-0.2, 0) is 4.79 Å². The molecular weight excluding hydrogens is 466 g/mol. The first kappa shape index (κ1) is 24.9. The van der Waals surface area contributed by atoms with E-state index in [1.165, 1.54) is 57.8 Å². The van der Waals surface area contributed by atoms with Gasteiger partial charge in [0.05, 0.1) is 17.6 Å². The molecule has 0 radical (unpaired) electrons. The summed E-state index contributed by atoms with van der Waals surface area (Å²) < 4.78 is 2.09. The highest BCUT2D eigenvalue weighted by atomic mass is 16.4. The summed E-state index contributed by atoms with van der Waals surface area (Å²) in [5.74, 6) is -0.275. The molecule has 2 bridgehead atoms. The van der Waals surface area contributed by atoms with Gasteiger partial charge in [0.1, 0.15) is 0 Å². The first-order valence-corrected chi connectivity index (χ1v) is 14.6. The van der Waals surface area contributed by atoms with Crippen molar-refractivity contribution in [2.45, 2.75) is 94.8 Å². The molecule has 1 N–H and O–H groups in total. The molecule has 3 aliphatic heterocycles. The normalized spacial score (nSPS) is 28.3. The fourth-order valence-electron chi connectivity index (χ4n) is 7.74. The highest BCUT2D eigenvalue weighted by Crippen LogP contribution is 2.44. The Labute approximate surface area is 219 Å². The number of hydrogen-bond acceptors (Lipinski definition) is 6. The second-order valence-electron chi connectivity index (χ2n) is 11.7. The van der Waals surface area contributed by atoms with Gasteiger partial charge in [0.15, 0.2) is 5.82 Å². The average molecular weight is 508 g/mol. The lowest BCUT2D eigenvalue weighted by Crippen LogP contribution is -2.51. The van der Waals surface area contributed by atoms with E-state index in [0.29, 0.717) is 44.1 Å². The number of carboxylic acid groups (broad SMARTS) is 1. The third-order valence-corrected chi connectivity index (χ3v) is 9.43. The van der Waals surface area contributed by atoms with Gasteiger partial charge >= 0.3 is 5.97 Å². The number of anilines is 1. The topological polar surface area (TPSA) is 81.9 Å².